The Hall–Kier alpha value is -3.55. The van der Waals surface area contributed by atoms with Crippen LogP contribution in [0.15, 0.2) is 41.5 Å². The van der Waals surface area contributed by atoms with Crippen molar-refractivity contribution in [3.63, 3.8) is 0 Å². The van der Waals surface area contributed by atoms with Crippen molar-refractivity contribution in [1.29, 1.82) is 0 Å². The van der Waals surface area contributed by atoms with E-state index in [1.165, 1.54) is 12.1 Å². The molecule has 2 aromatic carbocycles. The van der Waals surface area contributed by atoms with E-state index in [2.05, 4.69) is 25.8 Å². The van der Waals surface area contributed by atoms with Crippen LogP contribution in [0.3, 0.4) is 0 Å². The van der Waals surface area contributed by atoms with Gasteiger partial charge in [0, 0.05) is 29.6 Å². The van der Waals surface area contributed by atoms with Gasteiger partial charge in [-0.3, -0.25) is 0 Å². The van der Waals surface area contributed by atoms with Gasteiger partial charge in [0.1, 0.15) is 28.7 Å². The number of halogens is 2. The van der Waals surface area contributed by atoms with Crippen molar-refractivity contribution in [1.82, 2.24) is 15.4 Å². The Morgan fingerprint density at radius 3 is 2.72 bits per heavy atom. The average Bonchev–Trinajstić information content (AvgIpc) is 2.74. The van der Waals surface area contributed by atoms with E-state index in [0.717, 1.165) is 11.6 Å². The van der Waals surface area contributed by atoms with Gasteiger partial charge < -0.3 is 15.5 Å². The maximum absolute atomic E-state index is 14.4. The number of nitrogens with zero attached hydrogens (tertiary/aromatic N) is 3. The summed E-state index contributed by atoms with van der Waals surface area (Å²) in [5.74, 6) is 0.302. The Labute approximate surface area is 166 Å². The lowest BCUT2D eigenvalue weighted by Crippen LogP contribution is -2.13. The molecule has 29 heavy (non-hydrogen) atoms. The van der Waals surface area contributed by atoms with E-state index in [1.54, 1.807) is 25.4 Å². The first-order valence-electron chi connectivity index (χ1n) is 9.19. The molecule has 0 unspecified atom stereocenters. The van der Waals surface area contributed by atoms with Gasteiger partial charge >= 0.3 is 0 Å². The summed E-state index contributed by atoms with van der Waals surface area (Å²) in [6, 6.07) is 6.98. The molecule has 0 fully saturated rings. The number of fused-ring (bicyclic) bond motifs is 1. The number of anilines is 1. The van der Waals surface area contributed by atoms with Gasteiger partial charge in [-0.25, -0.2) is 18.7 Å². The third-order valence-electron chi connectivity index (χ3n) is 4.51. The van der Waals surface area contributed by atoms with E-state index in [9.17, 15) is 8.78 Å². The first-order chi connectivity index (χ1) is 14.1. The lowest BCUT2D eigenvalue weighted by atomic mass is 10.0. The number of rotatable bonds is 5. The SMILES string of the molecule is CCOc1cc(-c2ccc(F)cc2F)cc2c(NC)nc(C3=CCNN=C3)nc12. The Balaban J connectivity index is 1.96. The first-order valence-corrected chi connectivity index (χ1v) is 9.19. The summed E-state index contributed by atoms with van der Waals surface area (Å²) in [7, 11) is 1.75. The number of benzene rings is 2. The van der Waals surface area contributed by atoms with E-state index in [0.29, 0.717) is 47.0 Å². The number of aromatic nitrogens is 2. The van der Waals surface area contributed by atoms with Crippen LogP contribution >= 0.6 is 0 Å². The second-order valence-electron chi connectivity index (χ2n) is 6.35. The third kappa shape index (κ3) is 3.61. The highest BCUT2D eigenvalue weighted by molar-refractivity contribution is 6.10. The molecule has 0 spiro atoms. The van der Waals surface area contributed by atoms with Crippen molar-refractivity contribution in [3.05, 3.63) is 53.9 Å². The lowest BCUT2D eigenvalue weighted by Gasteiger charge is -2.15. The van der Waals surface area contributed by atoms with Gasteiger partial charge in [-0.15, -0.1) is 0 Å². The second kappa shape index (κ2) is 7.83. The molecule has 1 aromatic heterocycles. The average molecular weight is 395 g/mol. The molecule has 1 aliphatic heterocycles. The minimum Gasteiger partial charge on any atom is -0.492 e. The van der Waals surface area contributed by atoms with Crippen molar-refractivity contribution >= 4 is 28.5 Å². The molecule has 0 atom stereocenters. The smallest absolute Gasteiger partial charge is 0.163 e. The molecule has 0 saturated carbocycles. The number of hydrazone groups is 1. The summed E-state index contributed by atoms with van der Waals surface area (Å²) >= 11 is 0. The van der Waals surface area contributed by atoms with Crippen LogP contribution in [0.4, 0.5) is 14.6 Å². The fourth-order valence-corrected chi connectivity index (χ4v) is 3.19. The van der Waals surface area contributed by atoms with Crippen LogP contribution in [0.2, 0.25) is 0 Å². The summed E-state index contributed by atoms with van der Waals surface area (Å²) in [6.07, 6.45) is 3.60. The zero-order valence-corrected chi connectivity index (χ0v) is 16.0. The van der Waals surface area contributed by atoms with Gasteiger partial charge in [0.25, 0.3) is 0 Å². The molecule has 148 valence electrons. The fourth-order valence-electron chi connectivity index (χ4n) is 3.19. The molecule has 8 heteroatoms. The summed E-state index contributed by atoms with van der Waals surface area (Å²) in [6.45, 7) is 2.86. The largest absolute Gasteiger partial charge is 0.492 e. The number of hydrogen-bond acceptors (Lipinski definition) is 6. The highest BCUT2D eigenvalue weighted by Gasteiger charge is 2.17. The predicted molar refractivity (Wildman–Crippen MR) is 110 cm³/mol. The van der Waals surface area contributed by atoms with Gasteiger partial charge in [0.2, 0.25) is 0 Å². The normalized spacial score (nSPS) is 13.2. The Morgan fingerprint density at radius 2 is 2.03 bits per heavy atom. The van der Waals surface area contributed by atoms with Crippen molar-refractivity contribution in [2.75, 3.05) is 25.5 Å². The van der Waals surface area contributed by atoms with Crippen LogP contribution in [-0.2, 0) is 0 Å². The van der Waals surface area contributed by atoms with Crippen molar-refractivity contribution in [2.45, 2.75) is 6.92 Å². The topological polar surface area (TPSA) is 71.4 Å². The van der Waals surface area contributed by atoms with E-state index in [-0.39, 0.29) is 5.56 Å². The van der Waals surface area contributed by atoms with Crippen LogP contribution < -0.4 is 15.5 Å². The van der Waals surface area contributed by atoms with Crippen LogP contribution in [-0.4, -0.2) is 36.4 Å². The molecule has 0 bridgehead atoms. The maximum atomic E-state index is 14.4. The summed E-state index contributed by atoms with van der Waals surface area (Å²) in [5.41, 5.74) is 5.06. The number of allylic oxidation sites excluding steroid dienone is 1. The lowest BCUT2D eigenvalue weighted by molar-refractivity contribution is 0.343. The van der Waals surface area contributed by atoms with E-state index in [4.69, 9.17) is 4.74 Å². The van der Waals surface area contributed by atoms with Crippen LogP contribution in [0.25, 0.3) is 27.6 Å². The zero-order chi connectivity index (χ0) is 20.4. The Bertz CT molecular complexity index is 1140. The molecule has 3 aromatic rings. The van der Waals surface area contributed by atoms with Gasteiger partial charge in [0.15, 0.2) is 5.82 Å². The van der Waals surface area contributed by atoms with Crippen LogP contribution in [0.5, 0.6) is 5.75 Å². The molecule has 1 aliphatic rings. The van der Waals surface area contributed by atoms with Gasteiger partial charge in [-0.2, -0.15) is 5.10 Å². The van der Waals surface area contributed by atoms with Crippen molar-refractivity contribution in [2.24, 2.45) is 5.10 Å². The highest BCUT2D eigenvalue weighted by Crippen LogP contribution is 2.36. The zero-order valence-electron chi connectivity index (χ0n) is 16.0. The summed E-state index contributed by atoms with van der Waals surface area (Å²) in [5, 5.41) is 7.80. The number of hydrogen-bond donors (Lipinski definition) is 2. The minimum absolute atomic E-state index is 0.272. The standard InChI is InChI=1S/C21H19F2N5O/c1-3-29-18-9-13(15-5-4-14(22)10-17(15)23)8-16-19(18)27-20(28-21(16)24-2)12-6-7-25-26-11-12/h4-6,8-11,25H,3,7H2,1-2H3,(H,24,27,28). The van der Waals surface area contributed by atoms with Gasteiger partial charge in [-0.1, -0.05) is 6.08 Å². The van der Waals surface area contributed by atoms with Crippen LogP contribution in [0, 0.1) is 11.6 Å². The molecule has 2 N–H and O–H groups in total. The monoisotopic (exact) mass is 395 g/mol. The molecule has 4 rings (SSSR count). The highest BCUT2D eigenvalue weighted by atomic mass is 19.1. The predicted octanol–water partition coefficient (Wildman–Crippen LogP) is 3.99. The third-order valence-corrected chi connectivity index (χ3v) is 4.51. The molecular weight excluding hydrogens is 376 g/mol. The summed E-state index contributed by atoms with van der Waals surface area (Å²) in [4.78, 5) is 9.28. The Kier molecular flexibility index (Phi) is 5.07. The molecule has 2 heterocycles. The van der Waals surface area contributed by atoms with E-state index < -0.39 is 11.6 Å². The quantitative estimate of drug-likeness (QED) is 0.684. The molecule has 0 radical (unpaired) electrons. The molecule has 0 saturated heterocycles. The first kappa shape index (κ1) is 18.8. The van der Waals surface area contributed by atoms with Gasteiger partial charge in [0.05, 0.1) is 19.4 Å². The minimum atomic E-state index is -0.647. The second-order valence-corrected chi connectivity index (χ2v) is 6.35. The van der Waals surface area contributed by atoms with Crippen molar-refractivity contribution in [3.8, 4) is 16.9 Å². The van der Waals surface area contributed by atoms with Crippen molar-refractivity contribution < 1.29 is 13.5 Å². The molecule has 0 aliphatic carbocycles. The number of ether oxygens (including phenoxy) is 1. The molecule has 6 nitrogen and oxygen atoms in total. The van der Waals surface area contributed by atoms with Gasteiger partial charge in [-0.05, 0) is 36.8 Å². The Morgan fingerprint density at radius 1 is 1.17 bits per heavy atom. The van der Waals surface area contributed by atoms with E-state index >= 15 is 0 Å². The molecule has 0 amide bonds. The van der Waals surface area contributed by atoms with E-state index in [1.807, 2.05) is 13.0 Å². The summed E-state index contributed by atoms with van der Waals surface area (Å²) < 4.78 is 33.5. The van der Waals surface area contributed by atoms with Crippen LogP contribution in [0.1, 0.15) is 12.7 Å². The molecular formula is C21H19F2N5O. The number of nitrogens with one attached hydrogen (secondary N) is 2. The maximum Gasteiger partial charge on any atom is 0.163 e. The fraction of sp³-hybridized carbons (Fsp3) is 0.190.